The number of piperidine rings is 1. The third-order valence-corrected chi connectivity index (χ3v) is 5.85. The molecule has 0 bridgehead atoms. The first-order valence-corrected chi connectivity index (χ1v) is 9.32. The Labute approximate surface area is 143 Å². The molecule has 24 heavy (non-hydrogen) atoms. The number of likely N-dealkylation sites (tertiary alicyclic amines) is 1. The highest BCUT2D eigenvalue weighted by Crippen LogP contribution is 2.35. The van der Waals surface area contributed by atoms with E-state index in [4.69, 9.17) is 5.73 Å². The van der Waals surface area contributed by atoms with Crippen LogP contribution in [0.15, 0.2) is 12.4 Å². The Balaban J connectivity index is 1.35. The number of hydrogen-bond donors (Lipinski definition) is 1. The van der Waals surface area contributed by atoms with Crippen molar-refractivity contribution in [3.8, 4) is 0 Å². The molecule has 4 rings (SSSR count). The Hall–Kier alpha value is -1.69. The van der Waals surface area contributed by atoms with Crippen molar-refractivity contribution in [2.24, 2.45) is 11.7 Å². The summed E-state index contributed by atoms with van der Waals surface area (Å²) in [5, 5.41) is 0. The minimum atomic E-state index is 0.199. The summed E-state index contributed by atoms with van der Waals surface area (Å²) in [5.74, 6) is 2.08. The van der Waals surface area contributed by atoms with E-state index in [1.807, 2.05) is 0 Å². The largest absolute Gasteiger partial charge is 0.356 e. The third-order valence-electron chi connectivity index (χ3n) is 5.85. The Morgan fingerprint density at radius 2 is 1.79 bits per heavy atom. The molecule has 1 saturated carbocycles. The lowest BCUT2D eigenvalue weighted by Crippen LogP contribution is -2.42. The van der Waals surface area contributed by atoms with Crippen LogP contribution < -0.4 is 10.6 Å². The molecule has 1 aromatic heterocycles. The van der Waals surface area contributed by atoms with Gasteiger partial charge in [0.2, 0.25) is 5.91 Å². The van der Waals surface area contributed by atoms with E-state index < -0.39 is 0 Å². The molecule has 3 aliphatic rings. The number of nitrogens with two attached hydrogens (primary N) is 1. The van der Waals surface area contributed by atoms with Crippen molar-refractivity contribution in [3.05, 3.63) is 18.1 Å². The van der Waals surface area contributed by atoms with Gasteiger partial charge in [-0.25, -0.2) is 9.97 Å². The zero-order chi connectivity index (χ0) is 16.5. The fourth-order valence-electron chi connectivity index (χ4n) is 4.21. The summed E-state index contributed by atoms with van der Waals surface area (Å²) in [4.78, 5) is 25.8. The van der Waals surface area contributed by atoms with E-state index in [-0.39, 0.29) is 5.92 Å². The molecule has 1 aliphatic carbocycles. The molecular weight excluding hydrogens is 302 g/mol. The van der Waals surface area contributed by atoms with Gasteiger partial charge in [-0.3, -0.25) is 4.79 Å². The predicted octanol–water partition coefficient (Wildman–Crippen LogP) is 1.52. The van der Waals surface area contributed by atoms with E-state index in [0.29, 0.717) is 17.9 Å². The first kappa shape index (κ1) is 15.8. The van der Waals surface area contributed by atoms with Gasteiger partial charge in [-0.15, -0.1) is 0 Å². The molecule has 2 saturated heterocycles. The third kappa shape index (κ3) is 3.11. The summed E-state index contributed by atoms with van der Waals surface area (Å²) >= 11 is 0. The van der Waals surface area contributed by atoms with Gasteiger partial charge >= 0.3 is 0 Å². The molecule has 1 amide bonds. The molecule has 0 radical (unpaired) electrons. The number of carbonyl (C=O) groups is 1. The van der Waals surface area contributed by atoms with Gasteiger partial charge in [0, 0.05) is 55.8 Å². The standard InChI is InChI=1S/C18H27N5O/c19-15-9-14(10-15)16-11-17(21-12-20-16)22-7-3-13(4-8-22)18(24)23-5-1-2-6-23/h11-15H,1-10,19H2. The lowest BCUT2D eigenvalue weighted by atomic mass is 9.78. The highest BCUT2D eigenvalue weighted by Gasteiger charge is 2.31. The quantitative estimate of drug-likeness (QED) is 0.910. The second-order valence-electron chi connectivity index (χ2n) is 7.52. The summed E-state index contributed by atoms with van der Waals surface area (Å²) < 4.78 is 0. The summed E-state index contributed by atoms with van der Waals surface area (Å²) in [7, 11) is 0. The maximum Gasteiger partial charge on any atom is 0.225 e. The number of rotatable bonds is 3. The van der Waals surface area contributed by atoms with Crippen molar-refractivity contribution in [2.75, 3.05) is 31.1 Å². The number of anilines is 1. The van der Waals surface area contributed by atoms with Crippen molar-refractivity contribution >= 4 is 11.7 Å². The van der Waals surface area contributed by atoms with Crippen LogP contribution >= 0.6 is 0 Å². The average Bonchev–Trinajstić information content (AvgIpc) is 3.13. The number of aromatic nitrogens is 2. The first-order chi connectivity index (χ1) is 11.7. The fourth-order valence-corrected chi connectivity index (χ4v) is 4.21. The Morgan fingerprint density at radius 1 is 1.08 bits per heavy atom. The van der Waals surface area contributed by atoms with Gasteiger partial charge in [0.15, 0.2) is 0 Å². The Morgan fingerprint density at radius 3 is 2.46 bits per heavy atom. The first-order valence-electron chi connectivity index (χ1n) is 9.32. The van der Waals surface area contributed by atoms with E-state index in [2.05, 4.69) is 25.8 Å². The molecule has 0 spiro atoms. The fraction of sp³-hybridized carbons (Fsp3) is 0.722. The van der Waals surface area contributed by atoms with Gasteiger partial charge in [0.1, 0.15) is 12.1 Å². The normalized spacial score (nSPS) is 28.0. The van der Waals surface area contributed by atoms with Gasteiger partial charge in [-0.2, -0.15) is 0 Å². The molecule has 1 aromatic rings. The Bertz CT molecular complexity index is 587. The SMILES string of the molecule is NC1CC(c2cc(N3CCC(C(=O)N4CCCC4)CC3)ncn2)C1. The van der Waals surface area contributed by atoms with Gasteiger partial charge in [0.05, 0.1) is 0 Å². The summed E-state index contributed by atoms with van der Waals surface area (Å²) in [5.41, 5.74) is 7.01. The zero-order valence-electron chi connectivity index (χ0n) is 14.2. The molecule has 3 heterocycles. The molecular formula is C18H27N5O. The second kappa shape index (κ2) is 6.67. The van der Waals surface area contributed by atoms with Crippen LogP contribution in [0.25, 0.3) is 0 Å². The number of nitrogens with zero attached hydrogens (tertiary/aromatic N) is 4. The minimum absolute atomic E-state index is 0.199. The van der Waals surface area contributed by atoms with E-state index >= 15 is 0 Å². The summed E-state index contributed by atoms with van der Waals surface area (Å²) in [6.07, 6.45) is 7.94. The average molecular weight is 329 g/mol. The molecule has 0 unspecified atom stereocenters. The smallest absolute Gasteiger partial charge is 0.225 e. The van der Waals surface area contributed by atoms with Crippen molar-refractivity contribution in [2.45, 2.75) is 50.5 Å². The summed E-state index contributed by atoms with van der Waals surface area (Å²) in [6.45, 7) is 3.73. The Kier molecular flexibility index (Phi) is 4.39. The van der Waals surface area contributed by atoms with Crippen LogP contribution in [0.3, 0.4) is 0 Å². The van der Waals surface area contributed by atoms with E-state index in [1.54, 1.807) is 6.33 Å². The summed E-state index contributed by atoms with van der Waals surface area (Å²) in [6, 6.07) is 2.46. The highest BCUT2D eigenvalue weighted by molar-refractivity contribution is 5.79. The number of carbonyl (C=O) groups excluding carboxylic acids is 1. The van der Waals surface area contributed by atoms with Crippen molar-refractivity contribution < 1.29 is 4.79 Å². The number of amides is 1. The van der Waals surface area contributed by atoms with Gasteiger partial charge in [0.25, 0.3) is 0 Å². The highest BCUT2D eigenvalue weighted by atomic mass is 16.2. The van der Waals surface area contributed by atoms with E-state index in [9.17, 15) is 4.79 Å². The van der Waals surface area contributed by atoms with Crippen molar-refractivity contribution in [1.82, 2.24) is 14.9 Å². The molecule has 3 fully saturated rings. The molecule has 130 valence electrons. The molecule has 0 aromatic carbocycles. The van der Waals surface area contributed by atoms with E-state index in [1.165, 1.54) is 12.8 Å². The minimum Gasteiger partial charge on any atom is -0.356 e. The van der Waals surface area contributed by atoms with Gasteiger partial charge in [-0.1, -0.05) is 0 Å². The van der Waals surface area contributed by atoms with Gasteiger partial charge < -0.3 is 15.5 Å². The lowest BCUT2D eigenvalue weighted by molar-refractivity contribution is -0.135. The van der Waals surface area contributed by atoms with Crippen LogP contribution in [0.1, 0.15) is 50.1 Å². The lowest BCUT2D eigenvalue weighted by Gasteiger charge is -2.35. The molecule has 6 heteroatoms. The van der Waals surface area contributed by atoms with Crippen molar-refractivity contribution in [3.63, 3.8) is 0 Å². The molecule has 2 N–H and O–H groups in total. The van der Waals surface area contributed by atoms with E-state index in [0.717, 1.165) is 63.4 Å². The zero-order valence-corrected chi connectivity index (χ0v) is 14.2. The van der Waals surface area contributed by atoms with Crippen LogP contribution in [0.2, 0.25) is 0 Å². The maximum absolute atomic E-state index is 12.5. The van der Waals surface area contributed by atoms with Crippen LogP contribution in [-0.2, 0) is 4.79 Å². The predicted molar refractivity (Wildman–Crippen MR) is 92.7 cm³/mol. The molecule has 2 aliphatic heterocycles. The van der Waals surface area contributed by atoms with Gasteiger partial charge in [-0.05, 0) is 38.5 Å². The van der Waals surface area contributed by atoms with Crippen molar-refractivity contribution in [1.29, 1.82) is 0 Å². The molecule has 0 atom stereocenters. The van der Waals surface area contributed by atoms with Crippen LogP contribution in [0.4, 0.5) is 5.82 Å². The second-order valence-corrected chi connectivity index (χ2v) is 7.52. The topological polar surface area (TPSA) is 75.3 Å². The van der Waals surface area contributed by atoms with Crippen LogP contribution in [0, 0.1) is 5.92 Å². The maximum atomic E-state index is 12.5. The van der Waals surface area contributed by atoms with Crippen LogP contribution in [-0.4, -0.2) is 53.0 Å². The molecule has 6 nitrogen and oxygen atoms in total. The number of hydrogen-bond acceptors (Lipinski definition) is 5. The monoisotopic (exact) mass is 329 g/mol. The van der Waals surface area contributed by atoms with Crippen LogP contribution in [0.5, 0.6) is 0 Å².